The van der Waals surface area contributed by atoms with Crippen molar-refractivity contribution in [3.63, 3.8) is 0 Å². The van der Waals surface area contributed by atoms with E-state index in [4.69, 9.17) is 11.5 Å². The van der Waals surface area contributed by atoms with Crippen LogP contribution in [0.1, 0.15) is 0 Å². The number of aromatic nitrogens is 1. The first-order chi connectivity index (χ1) is 7.02. The smallest absolute Gasteiger partial charge is 0.195 e. The molecule has 0 amide bonds. The zero-order valence-corrected chi connectivity index (χ0v) is 7.39. The lowest BCUT2D eigenvalue weighted by molar-refractivity contribution is 0.453. The second kappa shape index (κ2) is 3.01. The fourth-order valence-electron chi connectivity index (χ4n) is 1.29. The summed E-state index contributed by atoms with van der Waals surface area (Å²) >= 11 is 0. The number of nitrogens with two attached hydrogens (primary N) is 2. The van der Waals surface area contributed by atoms with Gasteiger partial charge in [-0.05, 0) is 0 Å². The number of benzene rings is 1. The monoisotopic (exact) mass is 213 g/mol. The van der Waals surface area contributed by atoms with Crippen molar-refractivity contribution in [2.45, 2.75) is 0 Å². The third-order valence-corrected chi connectivity index (χ3v) is 2.06. The zero-order valence-electron chi connectivity index (χ0n) is 7.39. The molecule has 1 aromatic carbocycles. The van der Waals surface area contributed by atoms with Gasteiger partial charge in [-0.2, -0.15) is 0 Å². The summed E-state index contributed by atoms with van der Waals surface area (Å²) in [5, 5.41) is -0.297. The van der Waals surface area contributed by atoms with Crippen LogP contribution in [-0.2, 0) is 0 Å². The maximum Gasteiger partial charge on any atom is 0.195 e. The standard InChI is InChI=1S/C9H6F3N3/c10-3-1-5-6(8(12)7(3)11)9(14)4(13)2-15-5/h1-2H,13H2,(H2,14,15). The van der Waals surface area contributed by atoms with E-state index in [0.29, 0.717) is 0 Å². The number of halogens is 3. The van der Waals surface area contributed by atoms with E-state index in [0.717, 1.165) is 12.3 Å². The van der Waals surface area contributed by atoms with Gasteiger partial charge in [-0.1, -0.05) is 0 Å². The second-order valence-corrected chi connectivity index (χ2v) is 3.01. The van der Waals surface area contributed by atoms with Gasteiger partial charge in [0.25, 0.3) is 0 Å². The summed E-state index contributed by atoms with van der Waals surface area (Å²) in [5.74, 6) is -4.26. The minimum atomic E-state index is -1.58. The molecule has 2 aromatic rings. The number of fused-ring (bicyclic) bond motifs is 1. The maximum absolute atomic E-state index is 13.3. The fourth-order valence-corrected chi connectivity index (χ4v) is 1.29. The highest BCUT2D eigenvalue weighted by molar-refractivity contribution is 5.96. The van der Waals surface area contributed by atoms with Gasteiger partial charge >= 0.3 is 0 Å². The molecular weight excluding hydrogens is 207 g/mol. The predicted octanol–water partition coefficient (Wildman–Crippen LogP) is 1.82. The Balaban J connectivity index is 3.00. The lowest BCUT2D eigenvalue weighted by Crippen LogP contribution is -2.01. The highest BCUT2D eigenvalue weighted by atomic mass is 19.2. The van der Waals surface area contributed by atoms with Crippen molar-refractivity contribution in [1.29, 1.82) is 0 Å². The Labute approximate surface area is 82.5 Å². The molecule has 0 spiro atoms. The Bertz CT molecular complexity index is 554. The van der Waals surface area contributed by atoms with Gasteiger partial charge in [0.05, 0.1) is 28.5 Å². The van der Waals surface area contributed by atoms with Gasteiger partial charge in [0, 0.05) is 6.07 Å². The molecule has 0 aliphatic rings. The van der Waals surface area contributed by atoms with Crippen molar-refractivity contribution < 1.29 is 13.2 Å². The molecule has 0 aliphatic carbocycles. The summed E-state index contributed by atoms with van der Waals surface area (Å²) in [7, 11) is 0. The van der Waals surface area contributed by atoms with Gasteiger partial charge in [0.1, 0.15) is 0 Å². The number of hydrogen-bond donors (Lipinski definition) is 2. The minimum absolute atomic E-state index is 0.0207. The molecule has 0 aliphatic heterocycles. The van der Waals surface area contributed by atoms with Gasteiger partial charge in [-0.25, -0.2) is 13.2 Å². The van der Waals surface area contributed by atoms with Crippen LogP contribution in [0.4, 0.5) is 24.5 Å². The quantitative estimate of drug-likeness (QED) is 0.656. The molecule has 0 fully saturated rings. The van der Waals surface area contributed by atoms with E-state index in [9.17, 15) is 13.2 Å². The van der Waals surface area contributed by atoms with Crippen LogP contribution in [0, 0.1) is 17.5 Å². The van der Waals surface area contributed by atoms with E-state index in [1.807, 2.05) is 0 Å². The predicted molar refractivity (Wildman–Crippen MR) is 50.4 cm³/mol. The zero-order chi connectivity index (χ0) is 11.2. The number of rotatable bonds is 0. The third-order valence-electron chi connectivity index (χ3n) is 2.06. The Morgan fingerprint density at radius 2 is 1.73 bits per heavy atom. The van der Waals surface area contributed by atoms with Crippen LogP contribution in [0.3, 0.4) is 0 Å². The number of nitrogens with zero attached hydrogens (tertiary/aromatic N) is 1. The van der Waals surface area contributed by atoms with Crippen LogP contribution in [0.25, 0.3) is 10.9 Å². The van der Waals surface area contributed by atoms with E-state index in [-0.39, 0.29) is 22.3 Å². The molecule has 0 bridgehead atoms. The molecule has 0 saturated heterocycles. The number of pyridine rings is 1. The van der Waals surface area contributed by atoms with Crippen LogP contribution in [-0.4, -0.2) is 4.98 Å². The molecule has 0 unspecified atom stereocenters. The van der Waals surface area contributed by atoms with Crippen molar-refractivity contribution in [2.75, 3.05) is 11.5 Å². The molecule has 6 heteroatoms. The topological polar surface area (TPSA) is 64.9 Å². The molecule has 2 rings (SSSR count). The maximum atomic E-state index is 13.3. The minimum Gasteiger partial charge on any atom is -0.396 e. The van der Waals surface area contributed by atoms with Gasteiger partial charge in [0.15, 0.2) is 17.5 Å². The molecule has 3 nitrogen and oxygen atoms in total. The normalized spacial score (nSPS) is 10.9. The molecule has 1 aromatic heterocycles. The Hall–Kier alpha value is -1.98. The van der Waals surface area contributed by atoms with E-state index >= 15 is 0 Å². The summed E-state index contributed by atoms with van der Waals surface area (Å²) in [4.78, 5) is 3.65. The fraction of sp³-hybridized carbons (Fsp3) is 0. The van der Waals surface area contributed by atoms with E-state index in [1.165, 1.54) is 0 Å². The molecule has 0 radical (unpaired) electrons. The first-order valence-electron chi connectivity index (χ1n) is 3.99. The van der Waals surface area contributed by atoms with Crippen molar-refractivity contribution in [3.8, 4) is 0 Å². The second-order valence-electron chi connectivity index (χ2n) is 3.01. The van der Waals surface area contributed by atoms with Gasteiger partial charge < -0.3 is 11.5 Å². The Kier molecular flexibility index (Phi) is 1.92. The first-order valence-corrected chi connectivity index (χ1v) is 3.99. The summed E-state index contributed by atoms with van der Waals surface area (Å²) < 4.78 is 39.0. The SMILES string of the molecule is Nc1cnc2cc(F)c(F)c(F)c2c1N. The Morgan fingerprint density at radius 1 is 1.07 bits per heavy atom. The summed E-state index contributed by atoms with van der Waals surface area (Å²) in [6.07, 6.45) is 1.16. The largest absolute Gasteiger partial charge is 0.396 e. The molecule has 4 N–H and O–H groups in total. The van der Waals surface area contributed by atoms with Crippen molar-refractivity contribution in [2.24, 2.45) is 0 Å². The van der Waals surface area contributed by atoms with Crippen molar-refractivity contribution in [3.05, 3.63) is 29.7 Å². The van der Waals surface area contributed by atoms with Gasteiger partial charge in [-0.3, -0.25) is 4.98 Å². The summed E-state index contributed by atoms with van der Waals surface area (Å²) in [6, 6.07) is 0.767. The molecule has 0 saturated carbocycles. The van der Waals surface area contributed by atoms with Crippen LogP contribution >= 0.6 is 0 Å². The number of nitrogen functional groups attached to an aromatic ring is 2. The summed E-state index contributed by atoms with van der Waals surface area (Å²) in [5.41, 5.74) is 10.6. The van der Waals surface area contributed by atoms with Crippen LogP contribution < -0.4 is 11.5 Å². The molecular formula is C9H6F3N3. The average molecular weight is 213 g/mol. The summed E-state index contributed by atoms with van der Waals surface area (Å²) in [6.45, 7) is 0. The van der Waals surface area contributed by atoms with Crippen molar-refractivity contribution in [1.82, 2.24) is 4.98 Å². The van der Waals surface area contributed by atoms with Crippen LogP contribution in [0.15, 0.2) is 12.3 Å². The number of anilines is 2. The van der Waals surface area contributed by atoms with Crippen LogP contribution in [0.2, 0.25) is 0 Å². The third kappa shape index (κ3) is 1.25. The van der Waals surface area contributed by atoms with Gasteiger partial charge in [-0.15, -0.1) is 0 Å². The van der Waals surface area contributed by atoms with E-state index in [1.54, 1.807) is 0 Å². The van der Waals surface area contributed by atoms with Crippen LogP contribution in [0.5, 0.6) is 0 Å². The van der Waals surface area contributed by atoms with E-state index in [2.05, 4.69) is 4.98 Å². The van der Waals surface area contributed by atoms with Crippen molar-refractivity contribution >= 4 is 22.3 Å². The van der Waals surface area contributed by atoms with E-state index < -0.39 is 17.5 Å². The molecule has 1 heterocycles. The molecule has 78 valence electrons. The average Bonchev–Trinajstić information content (AvgIpc) is 2.20. The molecule has 0 atom stereocenters. The lowest BCUT2D eigenvalue weighted by atomic mass is 10.1. The Morgan fingerprint density at radius 3 is 2.40 bits per heavy atom. The van der Waals surface area contributed by atoms with Gasteiger partial charge in [0.2, 0.25) is 0 Å². The molecule has 15 heavy (non-hydrogen) atoms. The highest BCUT2D eigenvalue weighted by Crippen LogP contribution is 2.29. The number of hydrogen-bond acceptors (Lipinski definition) is 3. The lowest BCUT2D eigenvalue weighted by Gasteiger charge is -2.06. The first kappa shape index (κ1) is 9.57. The highest BCUT2D eigenvalue weighted by Gasteiger charge is 2.17.